The summed E-state index contributed by atoms with van der Waals surface area (Å²) in [6.45, 7) is 7.82. The van der Waals surface area contributed by atoms with E-state index < -0.39 is 11.8 Å². The van der Waals surface area contributed by atoms with Crippen LogP contribution in [0.1, 0.15) is 87.2 Å². The van der Waals surface area contributed by atoms with E-state index >= 15 is 0 Å². The van der Waals surface area contributed by atoms with Crippen molar-refractivity contribution in [2.45, 2.75) is 81.9 Å². The van der Waals surface area contributed by atoms with Crippen LogP contribution in [-0.2, 0) is 15.3 Å². The van der Waals surface area contributed by atoms with Crippen LogP contribution in [-0.4, -0.2) is 118 Å². The van der Waals surface area contributed by atoms with E-state index in [0.29, 0.717) is 48.1 Å². The second-order valence-electron chi connectivity index (χ2n) is 18.9. The fourth-order valence-electron chi connectivity index (χ4n) is 10.0. The number of aromatic amines is 1. The number of fused-ring (bicyclic) bond motifs is 3. The molecule has 9 N–H and O–H groups in total. The molecule has 3 aliphatic heterocycles. The average Bonchev–Trinajstić information content (AvgIpc) is 4.24. The first-order valence-corrected chi connectivity index (χ1v) is 24.5. The molecule has 1 unspecified atom stereocenters. The van der Waals surface area contributed by atoms with Gasteiger partial charge in [0.25, 0.3) is 0 Å². The van der Waals surface area contributed by atoms with Gasteiger partial charge in [0.15, 0.2) is 28.5 Å². The number of nitrogens with one attached hydrogen (secondary N) is 5. The van der Waals surface area contributed by atoms with Crippen molar-refractivity contribution < 1.29 is 9.53 Å². The predicted octanol–water partition coefficient (Wildman–Crippen LogP) is 4.44. The number of rotatable bonds is 11. The quantitative estimate of drug-likeness (QED) is 0.0882. The van der Waals surface area contributed by atoms with Gasteiger partial charge in [-0.05, 0) is 81.4 Å². The maximum atomic E-state index is 13.8. The van der Waals surface area contributed by atoms with Crippen LogP contribution in [0, 0.1) is 0 Å². The van der Waals surface area contributed by atoms with Gasteiger partial charge >= 0.3 is 5.97 Å². The highest BCUT2D eigenvalue weighted by Gasteiger charge is 2.35. The molecule has 0 aliphatic carbocycles. The lowest BCUT2D eigenvalue weighted by Gasteiger charge is -2.32. The van der Waals surface area contributed by atoms with E-state index in [1.54, 1.807) is 60.2 Å². The molecule has 360 valence electrons. The fraction of sp³-hybridized carbons (Fsp3) is 0.391. The van der Waals surface area contributed by atoms with Crippen LogP contribution < -0.4 is 32.8 Å². The predicted molar refractivity (Wildman–Crippen MR) is 263 cm³/mol. The molecule has 70 heavy (non-hydrogen) atoms. The van der Waals surface area contributed by atoms with Crippen LogP contribution in [0.3, 0.4) is 0 Å². The Morgan fingerprint density at radius 2 is 1.39 bits per heavy atom. The molecule has 3 aliphatic rings. The molecule has 24 heteroatoms. The van der Waals surface area contributed by atoms with Crippen molar-refractivity contribution in [3.05, 3.63) is 89.5 Å². The number of esters is 1. The Labute approximate surface area is 408 Å². The Hall–Kier alpha value is -7.28. The van der Waals surface area contributed by atoms with Gasteiger partial charge in [-0.25, -0.2) is 19.6 Å². The van der Waals surface area contributed by atoms with Gasteiger partial charge in [-0.3, -0.25) is 15.3 Å². The molecule has 0 aromatic carbocycles. The summed E-state index contributed by atoms with van der Waals surface area (Å²) in [6, 6.07) is 3.38. The second kappa shape index (κ2) is 17.6. The second-order valence-corrected chi connectivity index (χ2v) is 19.7. The monoisotopic (exact) mass is 1010 g/mol. The van der Waals surface area contributed by atoms with E-state index in [2.05, 4.69) is 67.9 Å². The Balaban J connectivity index is 0.729. The van der Waals surface area contributed by atoms with Crippen molar-refractivity contribution in [1.29, 1.82) is 0 Å². The van der Waals surface area contributed by atoms with Crippen molar-refractivity contribution in [2.75, 3.05) is 49.6 Å². The topological polar surface area (TPSA) is 281 Å². The minimum Gasteiger partial charge on any atom is -0.436 e. The maximum absolute atomic E-state index is 13.8. The summed E-state index contributed by atoms with van der Waals surface area (Å²) in [5.74, 6) is 1.76. The highest BCUT2D eigenvalue weighted by Crippen LogP contribution is 2.37. The maximum Gasteiger partial charge on any atom is 0.325 e. The van der Waals surface area contributed by atoms with Crippen molar-refractivity contribution in [1.82, 2.24) is 89.6 Å². The zero-order chi connectivity index (χ0) is 47.7. The fourth-order valence-corrected chi connectivity index (χ4v) is 10.6. The number of nitrogen functional groups attached to an aromatic ring is 2. The largest absolute Gasteiger partial charge is 0.436 e. The number of anilines is 3. The SMILES string of the molecule is CC(C)(OC(=O)[C@@H]1CC[C@H](c2cc(N)n3ncc(-c4cnn(Nc5cc(C6CCCNC6)nc6c(-c7cn[nH]c7)cnn56)c4)c3n2)CN1)n1cc(-c2cnn3c(N)c(Br)c([C@H]4CCCNC4)nc23)cn1. The molecule has 3 saturated heterocycles. The molecule has 23 nitrogen and oxygen atoms in total. The molecule has 9 aromatic heterocycles. The summed E-state index contributed by atoms with van der Waals surface area (Å²) in [5.41, 5.74) is 25.1. The van der Waals surface area contributed by atoms with Gasteiger partial charge < -0.3 is 32.2 Å². The number of nitrogens with two attached hydrogens (primary N) is 2. The highest BCUT2D eigenvalue weighted by molar-refractivity contribution is 9.10. The van der Waals surface area contributed by atoms with E-state index in [-0.39, 0.29) is 23.7 Å². The van der Waals surface area contributed by atoms with E-state index in [1.807, 2.05) is 44.6 Å². The van der Waals surface area contributed by atoms with Gasteiger partial charge in [0, 0.05) is 95.3 Å². The lowest BCUT2D eigenvalue weighted by molar-refractivity contribution is -0.171. The summed E-state index contributed by atoms with van der Waals surface area (Å²) < 4.78 is 13.6. The van der Waals surface area contributed by atoms with Crippen LogP contribution >= 0.6 is 15.9 Å². The van der Waals surface area contributed by atoms with Crippen LogP contribution in [0.25, 0.3) is 50.3 Å². The standard InChI is InChI=1S/C46H52BrN21O2/c1-46(2,64-23-29(18-55-64)32-22-59-68-41(49)39(47)40(62-44(32)68)27-6-4-10-51-14-27)70-45(69)34-8-7-26(15-52-34)35-11-37(48)66-42(60-35)33(21-57-66)30-19-56-65(24-30)63-38-12-36(25-5-3-9-50-13-25)61-43-31(20-58-67(38)43)28-16-53-54-17-28/h11-12,16-27,34,50-52,63H,3-10,13-15,48-49H2,1-2H3,(H,53,54)/t25?,26-,27-,34-/m0/s1. The lowest BCUT2D eigenvalue weighted by atomic mass is 9.91. The number of hydrogen-bond acceptors (Lipinski definition) is 17. The molecule has 0 amide bonds. The summed E-state index contributed by atoms with van der Waals surface area (Å²) in [7, 11) is 0. The van der Waals surface area contributed by atoms with E-state index in [1.165, 1.54) is 0 Å². The van der Waals surface area contributed by atoms with Crippen molar-refractivity contribution in [3.8, 4) is 33.4 Å². The number of hydrogen-bond donors (Lipinski definition) is 7. The molecular formula is C46H52BrN21O2. The number of H-pyrrole nitrogens is 1. The van der Waals surface area contributed by atoms with Crippen LogP contribution in [0.4, 0.5) is 17.5 Å². The van der Waals surface area contributed by atoms with Crippen molar-refractivity contribution >= 4 is 56.3 Å². The number of halogens is 1. The molecule has 0 spiro atoms. The van der Waals surface area contributed by atoms with Gasteiger partial charge in [-0.1, -0.05) is 0 Å². The zero-order valence-electron chi connectivity index (χ0n) is 38.5. The first kappa shape index (κ1) is 44.0. The third kappa shape index (κ3) is 7.89. The van der Waals surface area contributed by atoms with Gasteiger partial charge in [0.1, 0.15) is 17.7 Å². The molecule has 0 radical (unpaired) electrons. The lowest BCUT2D eigenvalue weighted by Crippen LogP contribution is -2.47. The number of carbonyl (C=O) groups excluding carboxylic acids is 1. The van der Waals surface area contributed by atoms with Crippen LogP contribution in [0.2, 0.25) is 0 Å². The first-order chi connectivity index (χ1) is 34.1. The Morgan fingerprint density at radius 1 is 0.729 bits per heavy atom. The third-order valence-electron chi connectivity index (χ3n) is 13.9. The van der Waals surface area contributed by atoms with Gasteiger partial charge in [-0.15, -0.1) is 0 Å². The van der Waals surface area contributed by atoms with Gasteiger partial charge in [0.2, 0.25) is 0 Å². The summed E-state index contributed by atoms with van der Waals surface area (Å²) in [5, 5.41) is 40.6. The van der Waals surface area contributed by atoms with Gasteiger partial charge in [-0.2, -0.15) is 48.9 Å². The summed E-state index contributed by atoms with van der Waals surface area (Å²) >= 11 is 3.68. The Bertz CT molecular complexity index is 3380. The Morgan fingerprint density at radius 3 is 2.10 bits per heavy atom. The Kier molecular flexibility index (Phi) is 11.1. The molecule has 12 heterocycles. The molecular weight excluding hydrogens is 959 g/mol. The van der Waals surface area contributed by atoms with Crippen LogP contribution in [0.5, 0.6) is 0 Å². The minimum absolute atomic E-state index is 0.0159. The van der Waals surface area contributed by atoms with E-state index in [4.69, 9.17) is 36.3 Å². The smallest absolute Gasteiger partial charge is 0.325 e. The highest BCUT2D eigenvalue weighted by atomic mass is 79.9. The van der Waals surface area contributed by atoms with Gasteiger partial charge in [0.05, 0.1) is 64.9 Å². The third-order valence-corrected chi connectivity index (χ3v) is 14.7. The van der Waals surface area contributed by atoms with E-state index in [9.17, 15) is 4.79 Å². The average molecular weight is 1010 g/mol. The number of ether oxygens (including phenoxy) is 1. The van der Waals surface area contributed by atoms with Crippen LogP contribution in [0.15, 0.2) is 72.4 Å². The first-order valence-electron chi connectivity index (χ1n) is 23.7. The molecule has 9 aromatic rings. The molecule has 0 bridgehead atoms. The van der Waals surface area contributed by atoms with Crippen molar-refractivity contribution in [3.63, 3.8) is 0 Å². The number of piperidine rings is 3. The van der Waals surface area contributed by atoms with E-state index in [0.717, 1.165) is 112 Å². The zero-order valence-corrected chi connectivity index (χ0v) is 40.1. The molecule has 3 fully saturated rings. The number of nitrogens with zero attached hydrogens (tertiary/aromatic N) is 14. The molecule has 4 atom stereocenters. The normalized spacial score (nSPS) is 20.2. The minimum atomic E-state index is -1.10. The summed E-state index contributed by atoms with van der Waals surface area (Å²) in [4.78, 5) is 30.7. The number of aromatic nitrogens is 15. The number of carbonyl (C=O) groups is 1. The molecule has 12 rings (SSSR count). The summed E-state index contributed by atoms with van der Waals surface area (Å²) in [6.07, 6.45) is 21.6. The van der Waals surface area contributed by atoms with Crippen molar-refractivity contribution in [2.24, 2.45) is 0 Å². The molecule has 0 saturated carbocycles.